The van der Waals surface area contributed by atoms with E-state index in [-0.39, 0.29) is 18.7 Å². The van der Waals surface area contributed by atoms with Crippen LogP contribution in [0.2, 0.25) is 0 Å². The van der Waals surface area contributed by atoms with Gasteiger partial charge in [-0.1, -0.05) is 25.8 Å². The number of rotatable bonds is 9. The van der Waals surface area contributed by atoms with E-state index >= 15 is 0 Å². The van der Waals surface area contributed by atoms with Gasteiger partial charge in [-0.2, -0.15) is 0 Å². The van der Waals surface area contributed by atoms with Crippen molar-refractivity contribution in [1.29, 1.82) is 0 Å². The number of carbonyl (C=O) groups is 1. The van der Waals surface area contributed by atoms with Gasteiger partial charge in [0.05, 0.1) is 6.10 Å². The minimum Gasteiger partial charge on any atom is -0.459 e. The van der Waals surface area contributed by atoms with Crippen LogP contribution in [0.1, 0.15) is 52.4 Å². The Balaban J connectivity index is 3.40. The average Bonchev–Trinajstić information content (AvgIpc) is 2.23. The minimum atomic E-state index is -0.298. The van der Waals surface area contributed by atoms with E-state index in [1.807, 2.05) is 6.92 Å². The Hall–Kier alpha value is -0.830. The average molecular weight is 228 g/mol. The van der Waals surface area contributed by atoms with Crippen molar-refractivity contribution in [3.8, 4) is 0 Å². The Labute approximate surface area is 98.5 Å². The first kappa shape index (κ1) is 15.2. The molecule has 0 rings (SSSR count). The highest BCUT2D eigenvalue weighted by Crippen LogP contribution is 2.10. The summed E-state index contributed by atoms with van der Waals surface area (Å²) in [5.74, 6) is -0.298. The highest BCUT2D eigenvalue weighted by atomic mass is 16.5. The third-order valence-corrected chi connectivity index (χ3v) is 2.43. The fourth-order valence-electron chi connectivity index (χ4n) is 1.42. The van der Waals surface area contributed by atoms with E-state index in [2.05, 4.69) is 6.58 Å². The monoisotopic (exact) mass is 228 g/mol. The van der Waals surface area contributed by atoms with Gasteiger partial charge in [0.25, 0.3) is 0 Å². The van der Waals surface area contributed by atoms with Crippen molar-refractivity contribution in [3.63, 3.8) is 0 Å². The van der Waals surface area contributed by atoms with Crippen molar-refractivity contribution in [2.45, 2.75) is 58.5 Å². The minimum absolute atomic E-state index is 0.0259. The van der Waals surface area contributed by atoms with Crippen molar-refractivity contribution in [2.24, 2.45) is 0 Å². The van der Waals surface area contributed by atoms with E-state index in [9.17, 15) is 4.79 Å². The molecule has 0 fully saturated rings. The molecule has 0 aliphatic carbocycles. The number of hydrogen-bond acceptors (Lipinski definition) is 3. The molecular formula is C13H24O3. The highest BCUT2D eigenvalue weighted by Gasteiger charge is 2.09. The molecule has 94 valence electrons. The zero-order valence-corrected chi connectivity index (χ0v) is 10.5. The molecule has 1 atom stereocenters. The lowest BCUT2D eigenvalue weighted by molar-refractivity contribution is -0.143. The molecule has 0 aromatic heterocycles. The number of ether oxygens (including phenoxy) is 1. The summed E-state index contributed by atoms with van der Waals surface area (Å²) in [6.45, 7) is 7.39. The molecule has 0 bridgehead atoms. The van der Waals surface area contributed by atoms with Gasteiger partial charge >= 0.3 is 5.97 Å². The molecule has 0 saturated heterocycles. The maximum atomic E-state index is 11.2. The topological polar surface area (TPSA) is 46.5 Å². The molecule has 0 spiro atoms. The Morgan fingerprint density at radius 3 is 2.38 bits per heavy atom. The van der Waals surface area contributed by atoms with Crippen molar-refractivity contribution in [1.82, 2.24) is 0 Å². The van der Waals surface area contributed by atoms with Crippen LogP contribution in [0.15, 0.2) is 12.2 Å². The maximum absolute atomic E-state index is 11.2. The smallest absolute Gasteiger partial charge is 0.333 e. The third kappa shape index (κ3) is 8.48. The van der Waals surface area contributed by atoms with E-state index in [4.69, 9.17) is 9.84 Å². The predicted molar refractivity (Wildman–Crippen MR) is 65.2 cm³/mol. The lowest BCUT2D eigenvalue weighted by atomic mass is 10.1. The molecule has 0 saturated carbocycles. The Morgan fingerprint density at radius 2 is 1.81 bits per heavy atom. The number of hydrogen-bond donors (Lipinski definition) is 1. The zero-order valence-electron chi connectivity index (χ0n) is 10.5. The van der Waals surface area contributed by atoms with Gasteiger partial charge < -0.3 is 9.84 Å². The molecule has 0 aromatic carbocycles. The van der Waals surface area contributed by atoms with Crippen LogP contribution in [0.3, 0.4) is 0 Å². The van der Waals surface area contributed by atoms with Crippen LogP contribution in [0.25, 0.3) is 0 Å². The molecule has 0 radical (unpaired) electrons. The first-order valence-corrected chi connectivity index (χ1v) is 6.05. The third-order valence-electron chi connectivity index (χ3n) is 2.43. The van der Waals surface area contributed by atoms with Gasteiger partial charge in [0, 0.05) is 12.2 Å². The number of aliphatic hydroxyl groups excluding tert-OH is 1. The molecule has 1 N–H and O–H groups in total. The first-order chi connectivity index (χ1) is 7.57. The summed E-state index contributed by atoms with van der Waals surface area (Å²) in [6, 6.07) is 0. The van der Waals surface area contributed by atoms with E-state index in [1.54, 1.807) is 6.92 Å². The maximum Gasteiger partial charge on any atom is 0.333 e. The van der Waals surface area contributed by atoms with Crippen molar-refractivity contribution in [2.75, 3.05) is 6.61 Å². The summed E-state index contributed by atoms with van der Waals surface area (Å²) in [5, 5.41) is 8.60. The van der Waals surface area contributed by atoms with Gasteiger partial charge in [0.1, 0.15) is 0 Å². The van der Waals surface area contributed by atoms with Crippen molar-refractivity contribution in [3.05, 3.63) is 12.2 Å². The largest absolute Gasteiger partial charge is 0.459 e. The second kappa shape index (κ2) is 9.40. The molecule has 16 heavy (non-hydrogen) atoms. The second-order valence-electron chi connectivity index (χ2n) is 4.28. The van der Waals surface area contributed by atoms with Gasteiger partial charge in [-0.25, -0.2) is 4.79 Å². The fourth-order valence-corrected chi connectivity index (χ4v) is 1.42. The first-order valence-electron chi connectivity index (χ1n) is 6.05. The van der Waals surface area contributed by atoms with Crippen molar-refractivity contribution < 1.29 is 14.6 Å². The standard InChI is InChI=1S/C13H24O3/c1-11(2)13(15)16-12(3)9-7-5-4-6-8-10-14/h12,14H,1,4-10H2,2-3H3. The van der Waals surface area contributed by atoms with E-state index in [0.717, 1.165) is 38.5 Å². The molecule has 3 heteroatoms. The fraction of sp³-hybridized carbons (Fsp3) is 0.769. The van der Waals surface area contributed by atoms with Crippen LogP contribution < -0.4 is 0 Å². The summed E-state index contributed by atoms with van der Waals surface area (Å²) in [5.41, 5.74) is 0.454. The molecule has 0 amide bonds. The van der Waals surface area contributed by atoms with Crippen LogP contribution in [-0.2, 0) is 9.53 Å². The van der Waals surface area contributed by atoms with Gasteiger partial charge in [0.2, 0.25) is 0 Å². The van der Waals surface area contributed by atoms with Gasteiger partial charge in [-0.3, -0.25) is 0 Å². The Morgan fingerprint density at radius 1 is 1.25 bits per heavy atom. The Bertz CT molecular complexity index is 211. The molecule has 3 nitrogen and oxygen atoms in total. The van der Waals surface area contributed by atoms with E-state index in [1.165, 1.54) is 0 Å². The van der Waals surface area contributed by atoms with Gasteiger partial charge in [0.15, 0.2) is 0 Å². The van der Waals surface area contributed by atoms with E-state index in [0.29, 0.717) is 5.57 Å². The number of unbranched alkanes of at least 4 members (excludes halogenated alkanes) is 4. The van der Waals surface area contributed by atoms with Crippen molar-refractivity contribution >= 4 is 5.97 Å². The van der Waals surface area contributed by atoms with Crippen LogP contribution in [-0.4, -0.2) is 23.8 Å². The molecule has 0 heterocycles. The molecular weight excluding hydrogens is 204 g/mol. The highest BCUT2D eigenvalue weighted by molar-refractivity contribution is 5.87. The number of carbonyl (C=O) groups excluding carboxylic acids is 1. The number of aliphatic hydroxyl groups is 1. The SMILES string of the molecule is C=C(C)C(=O)OC(C)CCCCCCCO. The van der Waals surface area contributed by atoms with Gasteiger partial charge in [-0.05, 0) is 33.1 Å². The van der Waals surface area contributed by atoms with Crippen LogP contribution in [0.5, 0.6) is 0 Å². The normalized spacial score (nSPS) is 12.2. The molecule has 0 aromatic rings. The molecule has 0 aliphatic rings. The summed E-state index contributed by atoms with van der Waals surface area (Å²) < 4.78 is 5.16. The van der Waals surface area contributed by atoms with Gasteiger partial charge in [-0.15, -0.1) is 0 Å². The van der Waals surface area contributed by atoms with Crippen LogP contribution in [0.4, 0.5) is 0 Å². The lowest BCUT2D eigenvalue weighted by Crippen LogP contribution is -2.15. The predicted octanol–water partition coefficient (Wildman–Crippen LogP) is 2.83. The molecule has 0 aliphatic heterocycles. The zero-order chi connectivity index (χ0) is 12.4. The Kier molecular flexibility index (Phi) is 8.91. The summed E-state index contributed by atoms with van der Waals surface area (Å²) in [4.78, 5) is 11.2. The van der Waals surface area contributed by atoms with E-state index < -0.39 is 0 Å². The second-order valence-corrected chi connectivity index (χ2v) is 4.28. The van der Waals surface area contributed by atoms with Crippen LogP contribution >= 0.6 is 0 Å². The molecule has 1 unspecified atom stereocenters. The number of esters is 1. The quantitative estimate of drug-likeness (QED) is 0.375. The summed E-state index contributed by atoms with van der Waals surface area (Å²) >= 11 is 0. The summed E-state index contributed by atoms with van der Waals surface area (Å²) in [7, 11) is 0. The summed E-state index contributed by atoms with van der Waals surface area (Å²) in [6.07, 6.45) is 6.18. The lowest BCUT2D eigenvalue weighted by Gasteiger charge is -2.12. The van der Waals surface area contributed by atoms with Crippen LogP contribution in [0, 0.1) is 0 Å².